The van der Waals surface area contributed by atoms with Gasteiger partial charge in [-0.3, -0.25) is 14.5 Å². The number of hydrogen-bond donors (Lipinski definition) is 2. The van der Waals surface area contributed by atoms with Crippen molar-refractivity contribution in [2.45, 2.75) is 0 Å². The maximum atomic E-state index is 13.8. The Bertz CT molecular complexity index is 1020. The summed E-state index contributed by atoms with van der Waals surface area (Å²) in [6.45, 7) is 0. The van der Waals surface area contributed by atoms with E-state index < -0.39 is 35.0 Å². The highest BCUT2D eigenvalue weighted by molar-refractivity contribution is 6.45. The molecule has 0 unspecified atom stereocenters. The Labute approximate surface area is 158 Å². The van der Waals surface area contributed by atoms with Crippen molar-refractivity contribution in [2.75, 3.05) is 16.0 Å². The number of rotatable bonds is 3. The number of halogens is 3. The normalized spacial score (nSPS) is 10.4. The average molecular weight is 385 g/mol. The minimum atomic E-state index is -1.75. The van der Waals surface area contributed by atoms with Gasteiger partial charge in [-0.15, -0.1) is 0 Å². The van der Waals surface area contributed by atoms with Crippen molar-refractivity contribution in [3.63, 3.8) is 0 Å². The summed E-state index contributed by atoms with van der Waals surface area (Å²) in [7, 11) is 0. The summed E-state index contributed by atoms with van der Waals surface area (Å²) in [5.41, 5.74) is 6.17. The van der Waals surface area contributed by atoms with E-state index in [1.165, 1.54) is 12.1 Å². The average Bonchev–Trinajstić information content (AvgIpc) is 2.70. The van der Waals surface area contributed by atoms with Gasteiger partial charge in [-0.05, 0) is 48.5 Å². The molecule has 0 fully saturated rings. The predicted octanol–water partition coefficient (Wildman–Crippen LogP) is 3.99. The molecule has 8 heteroatoms. The quantitative estimate of drug-likeness (QED) is 0.407. The van der Waals surface area contributed by atoms with Crippen LogP contribution in [0.5, 0.6) is 0 Å². The van der Waals surface area contributed by atoms with E-state index in [1.54, 1.807) is 42.5 Å². The minimum absolute atomic E-state index is 0.339. The molecule has 2 amide bonds. The van der Waals surface area contributed by atoms with E-state index in [0.29, 0.717) is 23.1 Å². The number of hydrogen-bond acceptors (Lipinski definition) is 3. The standard InChI is InChI=1S/C20H14F3N3O2/c21-15-10-11-16(18(23)17(15)22)25-19(27)20(28)26(13-4-2-1-3-5-13)14-8-6-12(24)7-9-14/h1-11H,24H2,(H,25,27). The highest BCUT2D eigenvalue weighted by Gasteiger charge is 2.26. The highest BCUT2D eigenvalue weighted by atomic mass is 19.2. The summed E-state index contributed by atoms with van der Waals surface area (Å²) in [6.07, 6.45) is 0. The number of nitrogens with one attached hydrogen (secondary N) is 1. The molecule has 0 heterocycles. The summed E-state index contributed by atoms with van der Waals surface area (Å²) in [5.74, 6) is -7.04. The van der Waals surface area contributed by atoms with Crippen LogP contribution in [-0.2, 0) is 9.59 Å². The molecular formula is C20H14F3N3O2. The molecule has 0 aliphatic carbocycles. The molecule has 3 rings (SSSR count). The Kier molecular flexibility index (Phi) is 5.30. The number of anilines is 4. The van der Waals surface area contributed by atoms with Crippen LogP contribution in [0.3, 0.4) is 0 Å². The Morgan fingerprint density at radius 2 is 1.39 bits per heavy atom. The zero-order chi connectivity index (χ0) is 20.3. The van der Waals surface area contributed by atoms with Crippen LogP contribution in [0.25, 0.3) is 0 Å². The summed E-state index contributed by atoms with van der Waals surface area (Å²) in [6, 6.07) is 15.9. The van der Waals surface area contributed by atoms with Crippen LogP contribution in [0.4, 0.5) is 35.9 Å². The zero-order valence-corrected chi connectivity index (χ0v) is 14.3. The maximum absolute atomic E-state index is 13.8. The van der Waals surface area contributed by atoms with Crippen LogP contribution in [0, 0.1) is 17.5 Å². The van der Waals surface area contributed by atoms with Crippen molar-refractivity contribution < 1.29 is 22.8 Å². The largest absolute Gasteiger partial charge is 0.399 e. The maximum Gasteiger partial charge on any atom is 0.321 e. The molecule has 28 heavy (non-hydrogen) atoms. The molecule has 0 atom stereocenters. The summed E-state index contributed by atoms with van der Waals surface area (Å²) < 4.78 is 40.2. The number of nitrogens with two attached hydrogens (primary N) is 1. The van der Waals surface area contributed by atoms with E-state index in [0.717, 1.165) is 11.0 Å². The van der Waals surface area contributed by atoms with Crippen LogP contribution in [0.2, 0.25) is 0 Å². The van der Waals surface area contributed by atoms with E-state index in [-0.39, 0.29) is 0 Å². The van der Waals surface area contributed by atoms with E-state index in [4.69, 9.17) is 5.73 Å². The fourth-order valence-electron chi connectivity index (χ4n) is 2.48. The second-order valence-electron chi connectivity index (χ2n) is 5.74. The zero-order valence-electron chi connectivity index (χ0n) is 14.3. The van der Waals surface area contributed by atoms with Crippen molar-refractivity contribution >= 4 is 34.6 Å². The number of amides is 2. The lowest BCUT2D eigenvalue weighted by atomic mass is 10.2. The lowest BCUT2D eigenvalue weighted by molar-refractivity contribution is -0.134. The van der Waals surface area contributed by atoms with Gasteiger partial charge in [-0.1, -0.05) is 18.2 Å². The highest BCUT2D eigenvalue weighted by Crippen LogP contribution is 2.27. The molecule has 0 aliphatic heterocycles. The third-order valence-corrected chi connectivity index (χ3v) is 3.85. The Balaban J connectivity index is 1.94. The summed E-state index contributed by atoms with van der Waals surface area (Å²) in [4.78, 5) is 26.3. The topological polar surface area (TPSA) is 75.4 Å². The van der Waals surface area contributed by atoms with Crippen LogP contribution in [-0.4, -0.2) is 11.8 Å². The Morgan fingerprint density at radius 3 is 2.04 bits per heavy atom. The smallest absolute Gasteiger partial charge is 0.321 e. The number of carbonyl (C=O) groups is 2. The van der Waals surface area contributed by atoms with Gasteiger partial charge in [0.2, 0.25) is 0 Å². The van der Waals surface area contributed by atoms with Crippen molar-refractivity contribution in [1.29, 1.82) is 0 Å². The molecule has 0 radical (unpaired) electrons. The fraction of sp³-hybridized carbons (Fsp3) is 0. The lowest BCUT2D eigenvalue weighted by Gasteiger charge is -2.22. The molecule has 5 nitrogen and oxygen atoms in total. The van der Waals surface area contributed by atoms with Gasteiger partial charge in [0.15, 0.2) is 17.5 Å². The van der Waals surface area contributed by atoms with E-state index >= 15 is 0 Å². The van der Waals surface area contributed by atoms with E-state index in [1.807, 2.05) is 5.32 Å². The van der Waals surface area contributed by atoms with Crippen molar-refractivity contribution in [1.82, 2.24) is 0 Å². The van der Waals surface area contributed by atoms with Gasteiger partial charge in [-0.2, -0.15) is 0 Å². The van der Waals surface area contributed by atoms with Crippen molar-refractivity contribution in [3.05, 3.63) is 84.2 Å². The van der Waals surface area contributed by atoms with Crippen molar-refractivity contribution in [3.8, 4) is 0 Å². The van der Waals surface area contributed by atoms with Gasteiger partial charge in [0.1, 0.15) is 0 Å². The fourth-order valence-corrected chi connectivity index (χ4v) is 2.48. The van der Waals surface area contributed by atoms with Crippen molar-refractivity contribution in [2.24, 2.45) is 0 Å². The molecule has 3 N–H and O–H groups in total. The molecule has 0 aromatic heterocycles. The number of nitrogens with zero attached hydrogens (tertiary/aromatic N) is 1. The molecule has 0 aliphatic rings. The van der Waals surface area contributed by atoms with Crippen LogP contribution in [0.15, 0.2) is 66.7 Å². The Hall–Kier alpha value is -3.81. The summed E-state index contributed by atoms with van der Waals surface area (Å²) in [5, 5.41) is 1.97. The first-order chi connectivity index (χ1) is 13.4. The molecule has 0 bridgehead atoms. The molecule has 0 saturated heterocycles. The summed E-state index contributed by atoms with van der Waals surface area (Å²) >= 11 is 0. The molecule has 0 saturated carbocycles. The number of carbonyl (C=O) groups excluding carboxylic acids is 2. The molecule has 3 aromatic carbocycles. The number of para-hydroxylation sites is 1. The van der Waals surface area contributed by atoms with Crippen LogP contribution >= 0.6 is 0 Å². The molecule has 0 spiro atoms. The number of nitrogen functional groups attached to an aromatic ring is 1. The third-order valence-electron chi connectivity index (χ3n) is 3.85. The first-order valence-corrected chi connectivity index (χ1v) is 8.08. The molecule has 3 aromatic rings. The van der Waals surface area contributed by atoms with Crippen LogP contribution < -0.4 is 16.0 Å². The molecular weight excluding hydrogens is 371 g/mol. The van der Waals surface area contributed by atoms with Gasteiger partial charge in [0.25, 0.3) is 0 Å². The predicted molar refractivity (Wildman–Crippen MR) is 99.4 cm³/mol. The first-order valence-electron chi connectivity index (χ1n) is 8.08. The second-order valence-corrected chi connectivity index (χ2v) is 5.74. The van der Waals surface area contributed by atoms with Crippen LogP contribution in [0.1, 0.15) is 0 Å². The van der Waals surface area contributed by atoms with Gasteiger partial charge < -0.3 is 11.1 Å². The first kappa shape index (κ1) is 19.0. The lowest BCUT2D eigenvalue weighted by Crippen LogP contribution is -2.37. The van der Waals surface area contributed by atoms with Gasteiger partial charge in [0.05, 0.1) is 5.69 Å². The SMILES string of the molecule is Nc1ccc(N(C(=O)C(=O)Nc2ccc(F)c(F)c2F)c2ccccc2)cc1. The van der Waals surface area contributed by atoms with Gasteiger partial charge >= 0.3 is 11.8 Å². The van der Waals surface area contributed by atoms with Gasteiger partial charge in [0, 0.05) is 17.1 Å². The number of benzene rings is 3. The molecule has 142 valence electrons. The Morgan fingerprint density at radius 1 is 0.786 bits per heavy atom. The van der Waals surface area contributed by atoms with E-state index in [2.05, 4.69) is 0 Å². The monoisotopic (exact) mass is 385 g/mol. The van der Waals surface area contributed by atoms with Gasteiger partial charge in [-0.25, -0.2) is 13.2 Å². The minimum Gasteiger partial charge on any atom is -0.399 e. The second kappa shape index (κ2) is 7.83. The third kappa shape index (κ3) is 3.80. The van der Waals surface area contributed by atoms with E-state index in [9.17, 15) is 22.8 Å².